The van der Waals surface area contributed by atoms with Gasteiger partial charge in [-0.1, -0.05) is 13.8 Å². The third-order valence-electron chi connectivity index (χ3n) is 7.62. The fourth-order valence-electron chi connectivity index (χ4n) is 6.34. The quantitative estimate of drug-likeness (QED) is 0.744. The number of Topliss-reactive ketones (excluding diaryl/α,β-unsaturated/α-hetero) is 1. The molecular formula is C22H26O8. The maximum Gasteiger partial charge on any atom is 0.310 e. The van der Waals surface area contributed by atoms with E-state index in [1.54, 1.807) is 6.07 Å². The lowest BCUT2D eigenvalue weighted by Crippen LogP contribution is -2.64. The number of ketones is 1. The summed E-state index contributed by atoms with van der Waals surface area (Å²) in [5.41, 5.74) is -0.970. The Kier molecular flexibility index (Phi) is 4.78. The van der Waals surface area contributed by atoms with Crippen molar-refractivity contribution in [3.05, 3.63) is 24.2 Å². The summed E-state index contributed by atoms with van der Waals surface area (Å²) in [5.74, 6) is -4.44. The van der Waals surface area contributed by atoms with Gasteiger partial charge < -0.3 is 19.0 Å². The Labute approximate surface area is 173 Å². The van der Waals surface area contributed by atoms with Gasteiger partial charge in [-0.05, 0) is 36.2 Å². The number of furan rings is 1. The summed E-state index contributed by atoms with van der Waals surface area (Å²) in [6, 6.07) is 1.72. The summed E-state index contributed by atoms with van der Waals surface area (Å²) in [6.45, 7) is 4.90. The highest BCUT2D eigenvalue weighted by Crippen LogP contribution is 2.65. The fourth-order valence-corrected chi connectivity index (χ4v) is 6.34. The zero-order valence-electron chi connectivity index (χ0n) is 17.3. The predicted molar refractivity (Wildman–Crippen MR) is 101 cm³/mol. The highest BCUT2D eigenvalue weighted by molar-refractivity contribution is 5.93. The molecule has 3 aliphatic rings. The van der Waals surface area contributed by atoms with Crippen LogP contribution in [0.5, 0.6) is 0 Å². The van der Waals surface area contributed by atoms with Gasteiger partial charge in [0.25, 0.3) is 0 Å². The number of esters is 2. The second-order valence-electron chi connectivity index (χ2n) is 9.35. The van der Waals surface area contributed by atoms with Gasteiger partial charge in [-0.15, -0.1) is 0 Å². The Morgan fingerprint density at radius 1 is 1.23 bits per heavy atom. The number of fused-ring (bicyclic) bond motifs is 3. The maximum absolute atomic E-state index is 13.6. The van der Waals surface area contributed by atoms with E-state index in [0.29, 0.717) is 24.8 Å². The fraction of sp³-hybridized carbons (Fsp3) is 0.636. The molecule has 0 bridgehead atoms. The lowest BCUT2D eigenvalue weighted by atomic mass is 9.43. The van der Waals surface area contributed by atoms with E-state index in [-0.39, 0.29) is 18.2 Å². The molecule has 1 unspecified atom stereocenters. The van der Waals surface area contributed by atoms with E-state index in [1.165, 1.54) is 19.5 Å². The van der Waals surface area contributed by atoms with E-state index in [2.05, 4.69) is 0 Å². The first-order valence-electron chi connectivity index (χ1n) is 10.2. The van der Waals surface area contributed by atoms with E-state index in [0.717, 1.165) is 0 Å². The van der Waals surface area contributed by atoms with Crippen molar-refractivity contribution >= 4 is 23.7 Å². The second-order valence-corrected chi connectivity index (χ2v) is 9.35. The minimum absolute atomic E-state index is 0.0445. The molecule has 0 spiro atoms. The zero-order valence-corrected chi connectivity index (χ0v) is 17.3. The van der Waals surface area contributed by atoms with Crippen LogP contribution in [-0.2, 0) is 28.7 Å². The van der Waals surface area contributed by atoms with Crippen molar-refractivity contribution in [1.82, 2.24) is 0 Å². The molecule has 2 aliphatic carbocycles. The number of ether oxygens (including phenoxy) is 2. The number of aliphatic carboxylic acids is 1. The van der Waals surface area contributed by atoms with Crippen LogP contribution in [0, 0.1) is 28.6 Å². The van der Waals surface area contributed by atoms with Gasteiger partial charge in [0.15, 0.2) is 11.9 Å². The highest BCUT2D eigenvalue weighted by Gasteiger charge is 2.67. The van der Waals surface area contributed by atoms with Crippen LogP contribution < -0.4 is 0 Å². The molecule has 2 heterocycles. The minimum atomic E-state index is -1.12. The van der Waals surface area contributed by atoms with Crippen molar-refractivity contribution < 1.29 is 38.2 Å². The van der Waals surface area contributed by atoms with Gasteiger partial charge in [0.2, 0.25) is 0 Å². The van der Waals surface area contributed by atoms with Crippen molar-refractivity contribution in [1.29, 1.82) is 0 Å². The molecule has 0 amide bonds. The predicted octanol–water partition coefficient (Wildman–Crippen LogP) is 2.91. The summed E-state index contributed by atoms with van der Waals surface area (Å²) >= 11 is 0. The molecule has 162 valence electrons. The summed E-state index contributed by atoms with van der Waals surface area (Å²) in [7, 11) is 0. The first-order chi connectivity index (χ1) is 14.1. The van der Waals surface area contributed by atoms with Crippen LogP contribution in [0.15, 0.2) is 23.0 Å². The third kappa shape index (κ3) is 2.96. The van der Waals surface area contributed by atoms with Crippen LogP contribution in [0.1, 0.15) is 58.1 Å². The van der Waals surface area contributed by atoms with Crippen LogP contribution in [0.2, 0.25) is 0 Å². The third-order valence-corrected chi connectivity index (χ3v) is 7.62. The first kappa shape index (κ1) is 20.6. The Morgan fingerprint density at radius 2 is 1.97 bits per heavy atom. The van der Waals surface area contributed by atoms with Gasteiger partial charge in [0, 0.05) is 24.8 Å². The molecular weight excluding hydrogens is 392 g/mol. The number of carbonyl (C=O) groups is 4. The van der Waals surface area contributed by atoms with Crippen LogP contribution >= 0.6 is 0 Å². The largest absolute Gasteiger partial charge is 0.481 e. The van der Waals surface area contributed by atoms with Crippen molar-refractivity contribution in [3.63, 3.8) is 0 Å². The van der Waals surface area contributed by atoms with E-state index >= 15 is 0 Å². The number of hydrogen-bond donors (Lipinski definition) is 1. The standard InChI is InChI=1S/C22H26O8/c1-11(23)29-15-8-14(19(25)26)21(2)6-4-13-20(27)30-16(12-5-7-28-10-12)9-22(13,3)18(21)17(15)24/h5,7,10,13-16,18H,4,6,8-9H2,1-3H3,(H,25,26)/t13-,14-,15-,16-,18?,21-,22-/m0/s1. The molecule has 30 heavy (non-hydrogen) atoms. The number of rotatable bonds is 3. The van der Waals surface area contributed by atoms with Crippen LogP contribution in [0.25, 0.3) is 0 Å². The molecule has 1 aromatic rings. The lowest BCUT2D eigenvalue weighted by Gasteiger charge is -2.60. The molecule has 0 radical (unpaired) electrons. The second kappa shape index (κ2) is 6.96. The Balaban J connectivity index is 1.79. The van der Waals surface area contributed by atoms with Gasteiger partial charge in [-0.3, -0.25) is 19.2 Å². The molecule has 0 aromatic carbocycles. The molecule has 1 N–H and O–H groups in total. The Bertz CT molecular complexity index is 889. The Hall–Kier alpha value is -2.64. The smallest absolute Gasteiger partial charge is 0.310 e. The summed E-state index contributed by atoms with van der Waals surface area (Å²) in [6.07, 6.45) is 2.49. The highest BCUT2D eigenvalue weighted by atomic mass is 16.6. The maximum atomic E-state index is 13.6. The zero-order chi connectivity index (χ0) is 21.8. The molecule has 8 nitrogen and oxygen atoms in total. The van der Waals surface area contributed by atoms with E-state index < -0.39 is 52.7 Å². The van der Waals surface area contributed by atoms with E-state index in [9.17, 15) is 24.3 Å². The van der Waals surface area contributed by atoms with Crippen molar-refractivity contribution in [2.45, 2.75) is 58.7 Å². The summed E-state index contributed by atoms with van der Waals surface area (Å²) in [4.78, 5) is 50.3. The Morgan fingerprint density at radius 3 is 2.57 bits per heavy atom. The number of carboxylic acid groups (broad SMARTS) is 1. The van der Waals surface area contributed by atoms with Gasteiger partial charge >= 0.3 is 17.9 Å². The number of cyclic esters (lactones) is 1. The number of carboxylic acids is 1. The minimum Gasteiger partial charge on any atom is -0.481 e. The molecule has 4 rings (SSSR count). The summed E-state index contributed by atoms with van der Waals surface area (Å²) < 4.78 is 16.0. The molecule has 3 fully saturated rings. The van der Waals surface area contributed by atoms with Gasteiger partial charge in [0.05, 0.1) is 24.4 Å². The number of hydrogen-bond acceptors (Lipinski definition) is 7. The normalized spacial score (nSPS) is 40.7. The number of carbonyl (C=O) groups excluding carboxylic acids is 3. The lowest BCUT2D eigenvalue weighted by molar-refractivity contribution is -0.209. The molecule has 1 aromatic heterocycles. The van der Waals surface area contributed by atoms with Crippen molar-refractivity contribution in [2.24, 2.45) is 28.6 Å². The summed E-state index contributed by atoms with van der Waals surface area (Å²) in [5, 5.41) is 9.96. The first-order valence-corrected chi connectivity index (χ1v) is 10.2. The van der Waals surface area contributed by atoms with Crippen LogP contribution in [-0.4, -0.2) is 34.9 Å². The average Bonchev–Trinajstić information content (AvgIpc) is 3.17. The monoisotopic (exact) mass is 418 g/mol. The van der Waals surface area contributed by atoms with Gasteiger partial charge in [-0.2, -0.15) is 0 Å². The van der Waals surface area contributed by atoms with Gasteiger partial charge in [-0.25, -0.2) is 0 Å². The van der Waals surface area contributed by atoms with Gasteiger partial charge in [0.1, 0.15) is 6.10 Å². The molecule has 2 saturated carbocycles. The van der Waals surface area contributed by atoms with Crippen molar-refractivity contribution in [3.8, 4) is 0 Å². The average molecular weight is 418 g/mol. The molecule has 1 aliphatic heterocycles. The molecule has 8 heteroatoms. The van der Waals surface area contributed by atoms with E-state index in [4.69, 9.17) is 13.9 Å². The van der Waals surface area contributed by atoms with E-state index in [1.807, 2.05) is 13.8 Å². The molecule has 1 saturated heterocycles. The van der Waals surface area contributed by atoms with Crippen molar-refractivity contribution in [2.75, 3.05) is 0 Å². The molecule has 7 atom stereocenters. The topological polar surface area (TPSA) is 120 Å². The SMILES string of the molecule is CC(=O)O[C@H]1C[C@@H](C(=O)O)[C@]2(C)CC[C@H]3C(=O)O[C@H](c4ccoc4)C[C@]3(C)C2C1=O. The van der Waals surface area contributed by atoms with Crippen LogP contribution in [0.4, 0.5) is 0 Å². The van der Waals surface area contributed by atoms with Crippen LogP contribution in [0.3, 0.4) is 0 Å².